The molecular weight excluding hydrogens is 332 g/mol. The standard InChI is InChI=1S/C18H22N6O2/c1-10(2)9-23-13-15(25)19-18(26)22(4)16(13)24-14(20-21-17(23)24)12-7-5-11(3)6-8-12/h5-8,10,13,16H,9H2,1-4H3,(H,19,25,26). The lowest BCUT2D eigenvalue weighted by Crippen LogP contribution is -2.61. The number of nitrogens with one attached hydrogen (secondary N) is 1. The Morgan fingerprint density at radius 2 is 1.85 bits per heavy atom. The van der Waals surface area contributed by atoms with Crippen molar-refractivity contribution < 1.29 is 9.59 Å². The van der Waals surface area contributed by atoms with Crippen molar-refractivity contribution in [2.75, 3.05) is 18.5 Å². The van der Waals surface area contributed by atoms with Crippen molar-refractivity contribution in [3.05, 3.63) is 29.8 Å². The summed E-state index contributed by atoms with van der Waals surface area (Å²) in [7, 11) is 1.70. The predicted molar refractivity (Wildman–Crippen MR) is 96.5 cm³/mol. The Kier molecular flexibility index (Phi) is 3.71. The average Bonchev–Trinajstić information content (AvgIpc) is 3.13. The monoisotopic (exact) mass is 354 g/mol. The van der Waals surface area contributed by atoms with Gasteiger partial charge in [0.15, 0.2) is 11.9 Å². The summed E-state index contributed by atoms with van der Waals surface area (Å²) in [5.41, 5.74) is 2.06. The molecule has 2 aromatic rings. The van der Waals surface area contributed by atoms with Gasteiger partial charge in [-0.1, -0.05) is 43.7 Å². The van der Waals surface area contributed by atoms with Gasteiger partial charge in [-0.15, -0.1) is 10.2 Å². The molecule has 0 saturated carbocycles. The lowest BCUT2D eigenvalue weighted by molar-refractivity contribution is -0.124. The third kappa shape index (κ3) is 2.36. The largest absolute Gasteiger partial charge is 0.325 e. The van der Waals surface area contributed by atoms with Crippen LogP contribution in [-0.4, -0.2) is 51.2 Å². The molecule has 1 aromatic carbocycles. The minimum atomic E-state index is -0.505. The maximum absolute atomic E-state index is 12.6. The molecule has 2 aliphatic rings. The SMILES string of the molecule is Cc1ccc(-c2nnc3n2C2C(C(=O)NC(=O)N2C)N3CC(C)C)cc1. The number of rotatable bonds is 3. The van der Waals surface area contributed by atoms with Crippen LogP contribution < -0.4 is 10.2 Å². The minimum Gasteiger partial charge on any atom is -0.325 e. The first-order valence-electron chi connectivity index (χ1n) is 8.74. The molecule has 2 atom stereocenters. The zero-order chi connectivity index (χ0) is 18.6. The number of aromatic nitrogens is 3. The Morgan fingerprint density at radius 1 is 1.15 bits per heavy atom. The van der Waals surface area contributed by atoms with Crippen LogP contribution in [0.2, 0.25) is 0 Å². The van der Waals surface area contributed by atoms with Gasteiger partial charge in [0.05, 0.1) is 0 Å². The molecule has 3 heterocycles. The number of likely N-dealkylation sites (N-methyl/N-ethyl adjacent to an activating group) is 1. The van der Waals surface area contributed by atoms with E-state index in [1.54, 1.807) is 11.9 Å². The van der Waals surface area contributed by atoms with E-state index < -0.39 is 18.2 Å². The highest BCUT2D eigenvalue weighted by Gasteiger charge is 2.52. The van der Waals surface area contributed by atoms with E-state index in [0.29, 0.717) is 24.2 Å². The van der Waals surface area contributed by atoms with E-state index in [2.05, 4.69) is 29.4 Å². The Balaban J connectivity index is 1.87. The average molecular weight is 354 g/mol. The van der Waals surface area contributed by atoms with E-state index in [1.807, 2.05) is 40.7 Å². The van der Waals surface area contributed by atoms with Crippen LogP contribution in [0.1, 0.15) is 25.6 Å². The van der Waals surface area contributed by atoms with Gasteiger partial charge in [0.1, 0.15) is 6.17 Å². The van der Waals surface area contributed by atoms with Crippen molar-refractivity contribution in [1.29, 1.82) is 0 Å². The first kappa shape index (κ1) is 16.6. The fourth-order valence-electron chi connectivity index (χ4n) is 3.69. The molecule has 26 heavy (non-hydrogen) atoms. The number of imide groups is 1. The molecule has 1 aromatic heterocycles. The first-order valence-corrected chi connectivity index (χ1v) is 8.74. The maximum Gasteiger partial charge on any atom is 0.325 e. The van der Waals surface area contributed by atoms with Crippen LogP contribution in [0.5, 0.6) is 0 Å². The molecule has 2 unspecified atom stereocenters. The molecule has 8 heteroatoms. The van der Waals surface area contributed by atoms with Crippen molar-refractivity contribution in [2.45, 2.75) is 33.0 Å². The third-order valence-electron chi connectivity index (χ3n) is 4.90. The maximum atomic E-state index is 12.6. The van der Waals surface area contributed by atoms with Gasteiger partial charge in [0.2, 0.25) is 5.95 Å². The normalized spacial score (nSPS) is 21.9. The van der Waals surface area contributed by atoms with Crippen LogP contribution in [0.25, 0.3) is 11.4 Å². The fourth-order valence-corrected chi connectivity index (χ4v) is 3.69. The van der Waals surface area contributed by atoms with E-state index in [1.165, 1.54) is 0 Å². The van der Waals surface area contributed by atoms with Crippen LogP contribution in [0, 0.1) is 12.8 Å². The van der Waals surface area contributed by atoms with Gasteiger partial charge in [0.25, 0.3) is 5.91 Å². The highest BCUT2D eigenvalue weighted by Crippen LogP contribution is 2.40. The molecule has 0 aliphatic carbocycles. The molecule has 4 rings (SSSR count). The van der Waals surface area contributed by atoms with Gasteiger partial charge < -0.3 is 9.80 Å². The number of amides is 3. The second-order valence-corrected chi connectivity index (χ2v) is 7.37. The number of fused-ring (bicyclic) bond motifs is 3. The van der Waals surface area contributed by atoms with Gasteiger partial charge in [-0.25, -0.2) is 4.79 Å². The summed E-state index contributed by atoms with van der Waals surface area (Å²) in [6.07, 6.45) is -0.462. The fraction of sp³-hybridized carbons (Fsp3) is 0.444. The van der Waals surface area contributed by atoms with Crippen molar-refractivity contribution in [2.24, 2.45) is 5.92 Å². The van der Waals surface area contributed by atoms with Gasteiger partial charge in [0, 0.05) is 19.2 Å². The predicted octanol–water partition coefficient (Wildman–Crippen LogP) is 1.78. The van der Waals surface area contributed by atoms with Crippen LogP contribution in [-0.2, 0) is 4.79 Å². The van der Waals surface area contributed by atoms with Crippen molar-refractivity contribution in [3.63, 3.8) is 0 Å². The highest BCUT2D eigenvalue weighted by atomic mass is 16.2. The summed E-state index contributed by atoms with van der Waals surface area (Å²) in [4.78, 5) is 28.4. The van der Waals surface area contributed by atoms with E-state index in [9.17, 15) is 9.59 Å². The molecule has 3 amide bonds. The van der Waals surface area contributed by atoms with Crippen molar-refractivity contribution in [1.82, 2.24) is 25.0 Å². The Hall–Kier alpha value is -2.90. The second kappa shape index (κ2) is 5.82. The third-order valence-corrected chi connectivity index (χ3v) is 4.90. The number of hydrogen-bond donors (Lipinski definition) is 1. The van der Waals surface area contributed by atoms with Crippen molar-refractivity contribution >= 4 is 17.9 Å². The van der Waals surface area contributed by atoms with Crippen LogP contribution in [0.3, 0.4) is 0 Å². The van der Waals surface area contributed by atoms with E-state index in [0.717, 1.165) is 11.1 Å². The molecule has 136 valence electrons. The number of anilines is 1. The number of nitrogens with zero attached hydrogens (tertiary/aromatic N) is 5. The zero-order valence-electron chi connectivity index (χ0n) is 15.3. The lowest BCUT2D eigenvalue weighted by Gasteiger charge is -2.37. The van der Waals surface area contributed by atoms with Gasteiger partial charge in [-0.2, -0.15) is 0 Å². The molecular formula is C18H22N6O2. The number of benzene rings is 1. The molecule has 0 bridgehead atoms. The summed E-state index contributed by atoms with van der Waals surface area (Å²) >= 11 is 0. The number of hydrogen-bond acceptors (Lipinski definition) is 5. The molecule has 1 fully saturated rings. The highest BCUT2D eigenvalue weighted by molar-refractivity contribution is 6.02. The molecule has 1 saturated heterocycles. The number of carbonyl (C=O) groups is 2. The van der Waals surface area contributed by atoms with Crippen LogP contribution >= 0.6 is 0 Å². The van der Waals surface area contributed by atoms with E-state index in [-0.39, 0.29) is 5.91 Å². The second-order valence-electron chi connectivity index (χ2n) is 7.37. The minimum absolute atomic E-state index is 0.292. The molecule has 0 radical (unpaired) electrons. The number of aryl methyl sites for hydroxylation is 1. The Bertz CT molecular complexity index is 872. The number of carbonyl (C=O) groups excluding carboxylic acids is 2. The van der Waals surface area contributed by atoms with E-state index in [4.69, 9.17) is 0 Å². The molecule has 0 spiro atoms. The Morgan fingerprint density at radius 3 is 2.50 bits per heavy atom. The number of urea groups is 1. The quantitative estimate of drug-likeness (QED) is 0.908. The molecule has 1 N–H and O–H groups in total. The lowest BCUT2D eigenvalue weighted by atomic mass is 10.1. The summed E-state index contributed by atoms with van der Waals surface area (Å²) in [6, 6.07) is 7.08. The smallest absolute Gasteiger partial charge is 0.325 e. The van der Waals surface area contributed by atoms with E-state index >= 15 is 0 Å². The zero-order valence-corrected chi connectivity index (χ0v) is 15.3. The van der Waals surface area contributed by atoms with Gasteiger partial charge in [-0.3, -0.25) is 14.7 Å². The van der Waals surface area contributed by atoms with Gasteiger partial charge >= 0.3 is 6.03 Å². The molecule has 8 nitrogen and oxygen atoms in total. The summed E-state index contributed by atoms with van der Waals surface area (Å²) in [5, 5.41) is 11.2. The Labute approximate surface area is 151 Å². The van der Waals surface area contributed by atoms with Crippen LogP contribution in [0.15, 0.2) is 24.3 Å². The van der Waals surface area contributed by atoms with Gasteiger partial charge in [-0.05, 0) is 12.8 Å². The summed E-state index contributed by atoms with van der Waals surface area (Å²) in [6.45, 7) is 6.86. The van der Waals surface area contributed by atoms with Crippen LogP contribution in [0.4, 0.5) is 10.7 Å². The van der Waals surface area contributed by atoms with Crippen molar-refractivity contribution in [3.8, 4) is 11.4 Å². The topological polar surface area (TPSA) is 83.4 Å². The molecule has 2 aliphatic heterocycles. The first-order chi connectivity index (χ1) is 12.4. The summed E-state index contributed by atoms with van der Waals surface area (Å²) in [5.74, 6) is 1.33. The summed E-state index contributed by atoms with van der Waals surface area (Å²) < 4.78 is 1.91.